The summed E-state index contributed by atoms with van der Waals surface area (Å²) in [6, 6.07) is 9.14. The summed E-state index contributed by atoms with van der Waals surface area (Å²) in [5.41, 5.74) is 1.49. The van der Waals surface area contributed by atoms with Crippen LogP contribution in [0.1, 0.15) is 36.0 Å². The maximum atomic E-state index is 12.3. The average molecular weight is 270 g/mol. The fraction of sp³-hybridized carbons (Fsp3) is 0.375. The average Bonchev–Trinajstić information content (AvgIpc) is 2.49. The van der Waals surface area contributed by atoms with Crippen LogP contribution in [0.25, 0.3) is 10.9 Å². The Kier molecular flexibility index (Phi) is 3.65. The molecule has 4 heteroatoms. The molecule has 0 spiro atoms. The van der Waals surface area contributed by atoms with Gasteiger partial charge in [0, 0.05) is 17.1 Å². The molecule has 104 valence electrons. The Bertz CT molecular complexity index is 627. The Hall–Kier alpha value is -1.94. The normalized spacial score (nSPS) is 22.6. The summed E-state index contributed by atoms with van der Waals surface area (Å²) in [4.78, 5) is 16.5. The Morgan fingerprint density at radius 2 is 2.10 bits per heavy atom. The Morgan fingerprint density at radius 3 is 2.95 bits per heavy atom. The molecule has 0 radical (unpaired) electrons. The van der Waals surface area contributed by atoms with Crippen LogP contribution in [-0.2, 0) is 0 Å². The quantitative estimate of drug-likeness (QED) is 0.880. The highest BCUT2D eigenvalue weighted by Gasteiger charge is 2.24. The number of aliphatic hydroxyl groups excluding tert-OH is 1. The third-order valence-electron chi connectivity index (χ3n) is 3.91. The molecular formula is C16H18N2O2. The number of rotatable bonds is 2. The van der Waals surface area contributed by atoms with Crippen molar-refractivity contribution in [3.63, 3.8) is 0 Å². The van der Waals surface area contributed by atoms with Crippen molar-refractivity contribution in [1.29, 1.82) is 0 Å². The minimum Gasteiger partial charge on any atom is -0.391 e. The number of hydrogen-bond donors (Lipinski definition) is 2. The van der Waals surface area contributed by atoms with E-state index in [1.807, 2.05) is 24.3 Å². The first-order chi connectivity index (χ1) is 9.74. The van der Waals surface area contributed by atoms with E-state index in [9.17, 15) is 9.90 Å². The number of amides is 1. The van der Waals surface area contributed by atoms with Gasteiger partial charge < -0.3 is 10.4 Å². The summed E-state index contributed by atoms with van der Waals surface area (Å²) in [5.74, 6) is -0.123. The van der Waals surface area contributed by atoms with Gasteiger partial charge in [0.15, 0.2) is 0 Å². The maximum Gasteiger partial charge on any atom is 0.251 e. The topological polar surface area (TPSA) is 62.2 Å². The molecule has 0 unspecified atom stereocenters. The summed E-state index contributed by atoms with van der Waals surface area (Å²) in [5, 5.41) is 13.8. The van der Waals surface area contributed by atoms with E-state index in [0.29, 0.717) is 5.56 Å². The predicted molar refractivity (Wildman–Crippen MR) is 77.5 cm³/mol. The van der Waals surface area contributed by atoms with Gasteiger partial charge in [-0.2, -0.15) is 0 Å². The molecule has 2 atom stereocenters. The molecule has 0 saturated heterocycles. The number of hydrogen-bond acceptors (Lipinski definition) is 3. The minimum atomic E-state index is -0.421. The molecule has 4 nitrogen and oxygen atoms in total. The molecular weight excluding hydrogens is 252 g/mol. The number of nitrogens with zero attached hydrogens (tertiary/aromatic N) is 1. The van der Waals surface area contributed by atoms with E-state index in [1.165, 1.54) is 0 Å². The molecule has 20 heavy (non-hydrogen) atoms. The van der Waals surface area contributed by atoms with Gasteiger partial charge in [0.1, 0.15) is 0 Å². The maximum absolute atomic E-state index is 12.3. The van der Waals surface area contributed by atoms with Gasteiger partial charge in [-0.25, -0.2) is 0 Å². The number of nitrogens with one attached hydrogen (secondary N) is 1. The summed E-state index contributed by atoms with van der Waals surface area (Å²) in [7, 11) is 0. The van der Waals surface area contributed by atoms with Crippen LogP contribution in [-0.4, -0.2) is 28.1 Å². The highest BCUT2D eigenvalue weighted by Crippen LogP contribution is 2.19. The summed E-state index contributed by atoms with van der Waals surface area (Å²) in [6.45, 7) is 0. The smallest absolute Gasteiger partial charge is 0.251 e. The predicted octanol–water partition coefficient (Wildman–Crippen LogP) is 2.27. The number of aromatic nitrogens is 1. The van der Waals surface area contributed by atoms with Crippen LogP contribution in [0.5, 0.6) is 0 Å². The highest BCUT2D eigenvalue weighted by molar-refractivity contribution is 5.98. The molecule has 1 aliphatic rings. The van der Waals surface area contributed by atoms with E-state index in [2.05, 4.69) is 10.3 Å². The second-order valence-corrected chi connectivity index (χ2v) is 5.34. The van der Waals surface area contributed by atoms with Gasteiger partial charge in [-0.1, -0.05) is 18.9 Å². The second-order valence-electron chi connectivity index (χ2n) is 5.34. The first kappa shape index (κ1) is 13.1. The van der Waals surface area contributed by atoms with Gasteiger partial charge in [-0.3, -0.25) is 9.78 Å². The van der Waals surface area contributed by atoms with Crippen molar-refractivity contribution >= 4 is 16.8 Å². The molecule has 3 rings (SSSR count). The van der Waals surface area contributed by atoms with Crippen LogP contribution < -0.4 is 5.32 Å². The first-order valence-electron chi connectivity index (χ1n) is 7.08. The second kappa shape index (κ2) is 5.59. The largest absolute Gasteiger partial charge is 0.391 e. The van der Waals surface area contributed by atoms with Gasteiger partial charge in [0.2, 0.25) is 0 Å². The van der Waals surface area contributed by atoms with Crippen molar-refractivity contribution in [3.05, 3.63) is 42.1 Å². The van der Waals surface area contributed by atoms with Crippen LogP contribution in [0.4, 0.5) is 0 Å². The van der Waals surface area contributed by atoms with E-state index in [1.54, 1.807) is 12.3 Å². The molecule has 1 saturated carbocycles. The number of aliphatic hydroxyl groups is 1. The Labute approximate surface area is 117 Å². The van der Waals surface area contributed by atoms with E-state index in [0.717, 1.165) is 36.6 Å². The number of pyridine rings is 1. The summed E-state index contributed by atoms with van der Waals surface area (Å²) < 4.78 is 0. The zero-order chi connectivity index (χ0) is 13.9. The molecule has 0 bridgehead atoms. The molecule has 1 aromatic heterocycles. The lowest BCUT2D eigenvalue weighted by molar-refractivity contribution is 0.0717. The lowest BCUT2D eigenvalue weighted by Gasteiger charge is -2.28. The van der Waals surface area contributed by atoms with Crippen LogP contribution >= 0.6 is 0 Å². The molecule has 2 N–H and O–H groups in total. The summed E-state index contributed by atoms with van der Waals surface area (Å²) in [6.07, 6.45) is 5.03. The van der Waals surface area contributed by atoms with Gasteiger partial charge in [-0.15, -0.1) is 0 Å². The Balaban J connectivity index is 1.78. The molecule has 1 aromatic carbocycles. The molecule has 1 amide bonds. The van der Waals surface area contributed by atoms with E-state index >= 15 is 0 Å². The van der Waals surface area contributed by atoms with Crippen LogP contribution in [0.2, 0.25) is 0 Å². The first-order valence-corrected chi connectivity index (χ1v) is 7.08. The molecule has 0 aliphatic heterocycles. The van der Waals surface area contributed by atoms with Gasteiger partial charge in [0.25, 0.3) is 5.91 Å². The van der Waals surface area contributed by atoms with Crippen molar-refractivity contribution < 1.29 is 9.90 Å². The molecule has 1 heterocycles. The van der Waals surface area contributed by atoms with E-state index in [4.69, 9.17) is 0 Å². The fourth-order valence-corrected chi connectivity index (χ4v) is 2.75. The molecule has 2 aromatic rings. The molecule has 1 fully saturated rings. The number of carbonyl (C=O) groups excluding carboxylic acids is 1. The van der Waals surface area contributed by atoms with Crippen molar-refractivity contribution in [2.75, 3.05) is 0 Å². The van der Waals surface area contributed by atoms with Crippen molar-refractivity contribution in [2.45, 2.75) is 37.8 Å². The zero-order valence-corrected chi connectivity index (χ0v) is 11.2. The lowest BCUT2D eigenvalue weighted by Crippen LogP contribution is -2.45. The van der Waals surface area contributed by atoms with E-state index in [-0.39, 0.29) is 11.9 Å². The number of carbonyl (C=O) groups is 1. The SMILES string of the molecule is O=C(N[C@H]1CCCC[C@@H]1O)c1ccc2ncccc2c1. The van der Waals surface area contributed by atoms with Crippen LogP contribution in [0.15, 0.2) is 36.5 Å². The number of fused-ring (bicyclic) bond motifs is 1. The van der Waals surface area contributed by atoms with Crippen LogP contribution in [0, 0.1) is 0 Å². The van der Waals surface area contributed by atoms with Crippen LogP contribution in [0.3, 0.4) is 0 Å². The van der Waals surface area contributed by atoms with Gasteiger partial charge in [0.05, 0.1) is 17.7 Å². The standard InChI is InChI=1S/C16H18N2O2/c19-15-6-2-1-5-14(15)18-16(20)12-7-8-13-11(10-12)4-3-9-17-13/h3-4,7-10,14-15,19H,1-2,5-6H2,(H,18,20)/t14-,15-/m0/s1. The van der Waals surface area contributed by atoms with Crippen molar-refractivity contribution in [3.8, 4) is 0 Å². The Morgan fingerprint density at radius 1 is 1.25 bits per heavy atom. The van der Waals surface area contributed by atoms with Crippen molar-refractivity contribution in [2.24, 2.45) is 0 Å². The third-order valence-corrected chi connectivity index (χ3v) is 3.91. The monoisotopic (exact) mass is 270 g/mol. The highest BCUT2D eigenvalue weighted by atomic mass is 16.3. The zero-order valence-electron chi connectivity index (χ0n) is 11.2. The lowest BCUT2D eigenvalue weighted by atomic mass is 9.92. The fourth-order valence-electron chi connectivity index (χ4n) is 2.75. The van der Waals surface area contributed by atoms with E-state index < -0.39 is 6.10 Å². The summed E-state index contributed by atoms with van der Waals surface area (Å²) >= 11 is 0. The minimum absolute atomic E-state index is 0.123. The molecule has 1 aliphatic carbocycles. The third kappa shape index (κ3) is 2.65. The number of benzene rings is 1. The van der Waals surface area contributed by atoms with Gasteiger partial charge in [-0.05, 0) is 37.1 Å². The van der Waals surface area contributed by atoms with Crippen molar-refractivity contribution in [1.82, 2.24) is 10.3 Å². The van der Waals surface area contributed by atoms with Gasteiger partial charge >= 0.3 is 0 Å².